The fourth-order valence-electron chi connectivity index (χ4n) is 3.13. The van der Waals surface area contributed by atoms with E-state index in [1.165, 1.54) is 7.11 Å². The Balaban J connectivity index is 2.02. The first-order valence-corrected chi connectivity index (χ1v) is 11.6. The van der Waals surface area contributed by atoms with Gasteiger partial charge in [0.25, 0.3) is 0 Å². The maximum absolute atomic E-state index is 12.6. The molecular weight excluding hydrogens is 404 g/mol. The van der Waals surface area contributed by atoms with E-state index in [0.717, 1.165) is 21.9 Å². The third kappa shape index (κ3) is 6.13. The largest absolute Gasteiger partial charge is 0.497 e. The molecule has 0 saturated heterocycles. The van der Waals surface area contributed by atoms with Crippen molar-refractivity contribution in [3.63, 3.8) is 0 Å². The molecule has 30 heavy (non-hydrogen) atoms. The summed E-state index contributed by atoms with van der Waals surface area (Å²) in [5, 5.41) is 2.75. The van der Waals surface area contributed by atoms with Crippen LogP contribution in [-0.2, 0) is 14.8 Å². The van der Waals surface area contributed by atoms with Gasteiger partial charge in [-0.3, -0.25) is 9.10 Å². The van der Waals surface area contributed by atoms with E-state index in [1.807, 2.05) is 24.3 Å². The Bertz CT molecular complexity index is 960. The molecule has 0 aliphatic carbocycles. The molecule has 2 aromatic rings. The first-order valence-electron chi connectivity index (χ1n) is 9.78. The lowest BCUT2D eigenvalue weighted by molar-refractivity contribution is -0.121. The van der Waals surface area contributed by atoms with Crippen molar-refractivity contribution >= 4 is 21.6 Å². The van der Waals surface area contributed by atoms with E-state index in [1.54, 1.807) is 31.2 Å². The van der Waals surface area contributed by atoms with Gasteiger partial charge in [0, 0.05) is 6.07 Å². The van der Waals surface area contributed by atoms with Crippen LogP contribution >= 0.6 is 0 Å². The van der Waals surface area contributed by atoms with Crippen LogP contribution in [-0.4, -0.2) is 46.9 Å². The second-order valence-corrected chi connectivity index (χ2v) is 9.13. The number of nitrogens with one attached hydrogen (secondary N) is 1. The number of carbonyl (C=O) groups excluding carboxylic acids is 1. The van der Waals surface area contributed by atoms with E-state index in [2.05, 4.69) is 19.2 Å². The van der Waals surface area contributed by atoms with Gasteiger partial charge in [-0.2, -0.15) is 0 Å². The average molecular weight is 435 g/mol. The molecule has 0 aliphatic rings. The summed E-state index contributed by atoms with van der Waals surface area (Å²) in [4.78, 5) is 12.6. The number of nitrogens with zero attached hydrogens (tertiary/aromatic N) is 1. The zero-order chi connectivity index (χ0) is 22.3. The number of anilines is 1. The highest BCUT2D eigenvalue weighted by molar-refractivity contribution is 7.92. The van der Waals surface area contributed by atoms with Gasteiger partial charge in [-0.15, -0.1) is 0 Å². The molecule has 1 atom stereocenters. The zero-order valence-electron chi connectivity index (χ0n) is 18.1. The molecule has 7 nitrogen and oxygen atoms in total. The number of hydrogen-bond acceptors (Lipinski definition) is 5. The van der Waals surface area contributed by atoms with Crippen LogP contribution in [0.1, 0.15) is 32.3 Å². The molecule has 0 aliphatic heterocycles. The highest BCUT2D eigenvalue weighted by atomic mass is 32.2. The fraction of sp³-hybridized carbons (Fsp3) is 0.409. The van der Waals surface area contributed by atoms with Crippen LogP contribution in [0, 0.1) is 0 Å². The number of para-hydroxylation sites is 1. The second kappa shape index (κ2) is 10.3. The second-order valence-electron chi connectivity index (χ2n) is 7.27. The van der Waals surface area contributed by atoms with Gasteiger partial charge in [0.1, 0.15) is 24.1 Å². The van der Waals surface area contributed by atoms with Crippen LogP contribution in [0.2, 0.25) is 0 Å². The lowest BCUT2D eigenvalue weighted by Gasteiger charge is -2.28. The van der Waals surface area contributed by atoms with Gasteiger partial charge in [-0.25, -0.2) is 8.42 Å². The molecule has 0 saturated carbocycles. The number of methoxy groups -OCH3 is 1. The number of hydrogen-bond donors (Lipinski definition) is 1. The first-order chi connectivity index (χ1) is 14.1. The van der Waals surface area contributed by atoms with E-state index in [0.29, 0.717) is 17.4 Å². The van der Waals surface area contributed by atoms with Gasteiger partial charge in [-0.1, -0.05) is 38.1 Å². The van der Waals surface area contributed by atoms with Crippen LogP contribution in [0.3, 0.4) is 0 Å². The van der Waals surface area contributed by atoms with Gasteiger partial charge in [-0.05, 0) is 36.6 Å². The fourth-order valence-corrected chi connectivity index (χ4v) is 4.29. The van der Waals surface area contributed by atoms with Crippen LogP contribution in [0.4, 0.5) is 5.69 Å². The van der Waals surface area contributed by atoms with Crippen molar-refractivity contribution in [1.82, 2.24) is 5.32 Å². The maximum Gasteiger partial charge on any atom is 0.243 e. The Kier molecular flexibility index (Phi) is 8.11. The highest BCUT2D eigenvalue weighted by Gasteiger charge is 2.29. The molecule has 0 spiro atoms. The average Bonchev–Trinajstić information content (AvgIpc) is 2.70. The minimum absolute atomic E-state index is 0.255. The van der Waals surface area contributed by atoms with Gasteiger partial charge in [0.05, 0.1) is 25.6 Å². The molecule has 0 unspecified atom stereocenters. The molecule has 1 amide bonds. The van der Waals surface area contributed by atoms with Gasteiger partial charge in [0.2, 0.25) is 15.9 Å². The monoisotopic (exact) mass is 434 g/mol. The summed E-state index contributed by atoms with van der Waals surface area (Å²) in [6.45, 7) is 6.25. The van der Waals surface area contributed by atoms with Crippen molar-refractivity contribution in [3.05, 3.63) is 54.1 Å². The number of sulfonamides is 1. The van der Waals surface area contributed by atoms with Crippen molar-refractivity contribution < 1.29 is 22.7 Å². The first kappa shape index (κ1) is 23.5. The summed E-state index contributed by atoms with van der Waals surface area (Å²) in [5.74, 6) is 1.20. The van der Waals surface area contributed by atoms with E-state index >= 15 is 0 Å². The molecule has 164 valence electrons. The molecule has 0 radical (unpaired) electrons. The summed E-state index contributed by atoms with van der Waals surface area (Å²) < 4.78 is 36.8. The Labute approximate surface area is 179 Å². The Morgan fingerprint density at radius 3 is 2.43 bits per heavy atom. The Morgan fingerprint density at radius 1 is 1.10 bits per heavy atom. The topological polar surface area (TPSA) is 84.9 Å². The lowest BCUT2D eigenvalue weighted by atomic mass is 10.0. The standard InChI is InChI=1S/C22H30N2O5S/c1-16(2)20-11-6-7-12-21(20)29-14-13-23-22(25)17(3)24(30(5,26)27)18-9-8-10-19(15-18)28-4/h6-12,15-17H,13-14H2,1-5H3,(H,23,25)/t17-/m1/s1. The number of amides is 1. The predicted molar refractivity (Wildman–Crippen MR) is 119 cm³/mol. The molecule has 0 aromatic heterocycles. The number of ether oxygens (including phenoxy) is 2. The van der Waals surface area contributed by atoms with E-state index in [9.17, 15) is 13.2 Å². The van der Waals surface area contributed by atoms with Crippen molar-refractivity contribution in [3.8, 4) is 11.5 Å². The van der Waals surface area contributed by atoms with Gasteiger partial charge in [0.15, 0.2) is 0 Å². The maximum atomic E-state index is 12.6. The summed E-state index contributed by atoms with van der Waals surface area (Å²) in [7, 11) is -2.19. The lowest BCUT2D eigenvalue weighted by Crippen LogP contribution is -2.48. The molecule has 2 aromatic carbocycles. The predicted octanol–water partition coefficient (Wildman–Crippen LogP) is 3.17. The summed E-state index contributed by atoms with van der Waals surface area (Å²) >= 11 is 0. The minimum atomic E-state index is -3.69. The SMILES string of the molecule is COc1cccc(N([C@H](C)C(=O)NCCOc2ccccc2C(C)C)S(C)(=O)=O)c1. The summed E-state index contributed by atoms with van der Waals surface area (Å²) in [5.41, 5.74) is 1.46. The molecule has 0 bridgehead atoms. The minimum Gasteiger partial charge on any atom is -0.497 e. The summed E-state index contributed by atoms with van der Waals surface area (Å²) in [6, 6.07) is 13.4. The van der Waals surface area contributed by atoms with Crippen molar-refractivity contribution in [2.24, 2.45) is 0 Å². The molecule has 0 fully saturated rings. The highest BCUT2D eigenvalue weighted by Crippen LogP contribution is 2.26. The van der Waals surface area contributed by atoms with Crippen LogP contribution < -0.4 is 19.1 Å². The smallest absolute Gasteiger partial charge is 0.243 e. The molecular formula is C22H30N2O5S. The summed E-state index contributed by atoms with van der Waals surface area (Å²) in [6.07, 6.45) is 1.07. The zero-order valence-corrected chi connectivity index (χ0v) is 18.9. The molecule has 2 rings (SSSR count). The third-order valence-electron chi connectivity index (χ3n) is 4.60. The van der Waals surface area contributed by atoms with Gasteiger partial charge < -0.3 is 14.8 Å². The quantitative estimate of drug-likeness (QED) is 0.581. The number of rotatable bonds is 10. The molecule has 1 N–H and O–H groups in total. The number of carbonyl (C=O) groups is 1. The van der Waals surface area contributed by atoms with Crippen LogP contribution in [0.5, 0.6) is 11.5 Å². The van der Waals surface area contributed by atoms with Gasteiger partial charge >= 0.3 is 0 Å². The van der Waals surface area contributed by atoms with Crippen molar-refractivity contribution in [2.45, 2.75) is 32.7 Å². The molecule has 0 heterocycles. The number of benzene rings is 2. The third-order valence-corrected chi connectivity index (χ3v) is 5.84. The normalized spacial score (nSPS) is 12.3. The van der Waals surface area contributed by atoms with E-state index < -0.39 is 22.0 Å². The van der Waals surface area contributed by atoms with Crippen LogP contribution in [0.25, 0.3) is 0 Å². The van der Waals surface area contributed by atoms with Crippen molar-refractivity contribution in [2.75, 3.05) is 30.8 Å². The van der Waals surface area contributed by atoms with E-state index in [4.69, 9.17) is 9.47 Å². The van der Waals surface area contributed by atoms with E-state index in [-0.39, 0.29) is 13.2 Å². The molecule has 8 heteroatoms. The van der Waals surface area contributed by atoms with Crippen LogP contribution in [0.15, 0.2) is 48.5 Å². The van der Waals surface area contributed by atoms with Crippen molar-refractivity contribution in [1.29, 1.82) is 0 Å². The Morgan fingerprint density at radius 2 is 1.80 bits per heavy atom. The Hall–Kier alpha value is -2.74.